The first-order chi connectivity index (χ1) is 7.15. The van der Waals surface area contributed by atoms with Crippen LogP contribution >= 0.6 is 31.9 Å². The number of alkyl halides is 1. The molecule has 0 amide bonds. The molecule has 0 saturated carbocycles. The number of rotatable bonds is 5. The predicted molar refractivity (Wildman–Crippen MR) is 70.8 cm³/mol. The molecule has 0 unspecified atom stereocenters. The zero-order valence-electron chi connectivity index (χ0n) is 8.80. The summed E-state index contributed by atoms with van der Waals surface area (Å²) in [4.78, 5) is 11.7. The minimum absolute atomic E-state index is 0.122. The first-order valence-electron chi connectivity index (χ1n) is 5.07. The van der Waals surface area contributed by atoms with Crippen LogP contribution in [0.3, 0.4) is 0 Å². The fraction of sp³-hybridized carbons (Fsp3) is 0.545. The molecule has 0 N–H and O–H groups in total. The smallest absolute Gasteiger partial charge is 0.253 e. The molecule has 0 aliphatic heterocycles. The number of aromatic nitrogens is 1. The molecule has 0 aliphatic rings. The van der Waals surface area contributed by atoms with Crippen LogP contribution in [0.4, 0.5) is 0 Å². The monoisotopic (exact) mass is 335 g/mol. The summed E-state index contributed by atoms with van der Waals surface area (Å²) < 4.78 is 2.76. The van der Waals surface area contributed by atoms with Crippen molar-refractivity contribution in [1.29, 1.82) is 0 Å². The van der Waals surface area contributed by atoms with E-state index >= 15 is 0 Å². The number of halogens is 2. The van der Waals surface area contributed by atoms with Gasteiger partial charge in [0, 0.05) is 28.1 Å². The van der Waals surface area contributed by atoms with E-state index < -0.39 is 0 Å². The first kappa shape index (κ1) is 13.0. The van der Waals surface area contributed by atoms with Crippen molar-refractivity contribution in [1.82, 2.24) is 4.57 Å². The second kappa shape index (κ2) is 6.48. The molecule has 0 spiro atoms. The van der Waals surface area contributed by atoms with Gasteiger partial charge in [-0.1, -0.05) is 22.4 Å². The van der Waals surface area contributed by atoms with Gasteiger partial charge in [0.05, 0.1) is 0 Å². The normalized spacial score (nSPS) is 10.6. The van der Waals surface area contributed by atoms with E-state index in [1.54, 1.807) is 4.57 Å². The Kier molecular flexibility index (Phi) is 5.61. The topological polar surface area (TPSA) is 22.0 Å². The van der Waals surface area contributed by atoms with Gasteiger partial charge in [-0.25, -0.2) is 0 Å². The molecule has 1 aromatic rings. The van der Waals surface area contributed by atoms with E-state index in [9.17, 15) is 4.79 Å². The Morgan fingerprint density at radius 2 is 2.07 bits per heavy atom. The maximum atomic E-state index is 11.7. The van der Waals surface area contributed by atoms with Crippen LogP contribution in [-0.2, 0) is 6.54 Å². The van der Waals surface area contributed by atoms with E-state index in [1.165, 1.54) is 6.42 Å². The van der Waals surface area contributed by atoms with Gasteiger partial charge in [-0.3, -0.25) is 4.79 Å². The number of unbranched alkanes of at least 4 members (excludes halogenated alkanes) is 2. The van der Waals surface area contributed by atoms with Crippen LogP contribution in [0, 0.1) is 6.92 Å². The predicted octanol–water partition coefficient (Wildman–Crippen LogP) is 3.48. The van der Waals surface area contributed by atoms with Gasteiger partial charge in [0.2, 0.25) is 0 Å². The van der Waals surface area contributed by atoms with Crippen molar-refractivity contribution in [3.63, 3.8) is 0 Å². The molecule has 2 nitrogen and oxygen atoms in total. The number of hydrogen-bond acceptors (Lipinski definition) is 1. The number of pyridine rings is 1. The third-order valence-electron chi connectivity index (χ3n) is 2.26. The molecule has 0 aliphatic carbocycles. The molecule has 0 aromatic carbocycles. The third-order valence-corrected chi connectivity index (χ3v) is 3.26. The SMILES string of the molecule is Cc1cc(Br)cn(CCCCCBr)c1=O. The van der Waals surface area contributed by atoms with Crippen LogP contribution in [0.25, 0.3) is 0 Å². The second-order valence-electron chi connectivity index (χ2n) is 3.59. The Bertz CT molecular complexity index is 373. The molecule has 15 heavy (non-hydrogen) atoms. The Labute approximate surface area is 107 Å². The molecule has 0 bridgehead atoms. The molecular weight excluding hydrogens is 322 g/mol. The first-order valence-corrected chi connectivity index (χ1v) is 6.99. The lowest BCUT2D eigenvalue weighted by atomic mass is 10.2. The Hall–Kier alpha value is -0.0900. The maximum absolute atomic E-state index is 11.7. The molecule has 0 saturated heterocycles. The van der Waals surface area contributed by atoms with Crippen LogP contribution in [0.15, 0.2) is 21.5 Å². The molecule has 0 atom stereocenters. The van der Waals surface area contributed by atoms with Crippen molar-refractivity contribution in [3.8, 4) is 0 Å². The van der Waals surface area contributed by atoms with E-state index in [0.29, 0.717) is 0 Å². The van der Waals surface area contributed by atoms with E-state index in [0.717, 1.165) is 34.8 Å². The summed E-state index contributed by atoms with van der Waals surface area (Å²) >= 11 is 6.80. The summed E-state index contributed by atoms with van der Waals surface area (Å²) in [5, 5.41) is 1.04. The van der Waals surface area contributed by atoms with Gasteiger partial charge in [-0.15, -0.1) is 0 Å². The maximum Gasteiger partial charge on any atom is 0.253 e. The summed E-state index contributed by atoms with van der Waals surface area (Å²) in [5.74, 6) is 0. The van der Waals surface area contributed by atoms with Gasteiger partial charge >= 0.3 is 0 Å². The molecule has 84 valence electrons. The Balaban J connectivity index is 2.64. The largest absolute Gasteiger partial charge is 0.314 e. The van der Waals surface area contributed by atoms with Crippen LogP contribution in [0.5, 0.6) is 0 Å². The molecular formula is C11H15Br2NO. The Morgan fingerprint density at radius 1 is 1.33 bits per heavy atom. The zero-order valence-corrected chi connectivity index (χ0v) is 12.0. The number of nitrogens with zero attached hydrogens (tertiary/aromatic N) is 1. The highest BCUT2D eigenvalue weighted by molar-refractivity contribution is 9.10. The molecule has 1 rings (SSSR count). The highest BCUT2D eigenvalue weighted by Crippen LogP contribution is 2.09. The third kappa shape index (κ3) is 4.11. The second-order valence-corrected chi connectivity index (χ2v) is 5.30. The van der Waals surface area contributed by atoms with Crippen LogP contribution in [0.2, 0.25) is 0 Å². The lowest BCUT2D eigenvalue weighted by Gasteiger charge is -2.07. The van der Waals surface area contributed by atoms with Crippen molar-refractivity contribution >= 4 is 31.9 Å². The van der Waals surface area contributed by atoms with E-state index in [2.05, 4.69) is 31.9 Å². The Morgan fingerprint density at radius 3 is 2.73 bits per heavy atom. The number of hydrogen-bond donors (Lipinski definition) is 0. The highest BCUT2D eigenvalue weighted by Gasteiger charge is 2.01. The zero-order chi connectivity index (χ0) is 11.3. The standard InChI is InChI=1S/C11H15Br2NO/c1-9-7-10(13)8-14(11(9)15)6-4-2-3-5-12/h7-8H,2-6H2,1H3. The number of aryl methyl sites for hydroxylation is 2. The van der Waals surface area contributed by atoms with Gasteiger partial charge in [-0.2, -0.15) is 0 Å². The molecule has 1 heterocycles. The average molecular weight is 337 g/mol. The summed E-state index contributed by atoms with van der Waals surface area (Å²) in [6.07, 6.45) is 5.25. The van der Waals surface area contributed by atoms with Crippen LogP contribution in [-0.4, -0.2) is 9.90 Å². The van der Waals surface area contributed by atoms with Gasteiger partial charge in [0.1, 0.15) is 0 Å². The van der Waals surface area contributed by atoms with Crippen molar-refractivity contribution < 1.29 is 0 Å². The fourth-order valence-corrected chi connectivity index (χ4v) is 2.45. The summed E-state index contributed by atoms with van der Waals surface area (Å²) in [5.41, 5.74) is 0.918. The van der Waals surface area contributed by atoms with Crippen LogP contribution < -0.4 is 5.56 Å². The molecule has 1 aromatic heterocycles. The van der Waals surface area contributed by atoms with Gasteiger partial charge in [0.15, 0.2) is 0 Å². The van der Waals surface area contributed by atoms with E-state index in [4.69, 9.17) is 0 Å². The minimum atomic E-state index is 0.122. The highest BCUT2D eigenvalue weighted by atomic mass is 79.9. The average Bonchev–Trinajstić information content (AvgIpc) is 2.19. The van der Waals surface area contributed by atoms with E-state index in [-0.39, 0.29) is 5.56 Å². The van der Waals surface area contributed by atoms with Gasteiger partial charge in [0.25, 0.3) is 5.56 Å². The molecule has 0 fully saturated rings. The van der Waals surface area contributed by atoms with Gasteiger partial charge < -0.3 is 4.57 Å². The van der Waals surface area contributed by atoms with E-state index in [1.807, 2.05) is 19.2 Å². The lowest BCUT2D eigenvalue weighted by Crippen LogP contribution is -2.21. The van der Waals surface area contributed by atoms with Crippen molar-refractivity contribution in [3.05, 3.63) is 32.7 Å². The summed E-state index contributed by atoms with van der Waals surface area (Å²) in [7, 11) is 0. The quantitative estimate of drug-likeness (QED) is 0.596. The molecule has 0 radical (unpaired) electrons. The van der Waals surface area contributed by atoms with Crippen LogP contribution in [0.1, 0.15) is 24.8 Å². The van der Waals surface area contributed by atoms with Crippen molar-refractivity contribution in [2.24, 2.45) is 0 Å². The van der Waals surface area contributed by atoms with Gasteiger partial charge in [-0.05, 0) is 41.8 Å². The lowest BCUT2D eigenvalue weighted by molar-refractivity contribution is 0.586. The minimum Gasteiger partial charge on any atom is -0.314 e. The van der Waals surface area contributed by atoms with Crippen molar-refractivity contribution in [2.45, 2.75) is 32.7 Å². The van der Waals surface area contributed by atoms with Crippen molar-refractivity contribution in [2.75, 3.05) is 5.33 Å². The summed E-state index contributed by atoms with van der Waals surface area (Å²) in [6, 6.07) is 1.86. The molecule has 4 heteroatoms. The summed E-state index contributed by atoms with van der Waals surface area (Å²) in [6.45, 7) is 2.66. The fourth-order valence-electron chi connectivity index (χ4n) is 1.46.